The smallest absolute Gasteiger partial charge is 0.240 e. The number of para-hydroxylation sites is 1. The summed E-state index contributed by atoms with van der Waals surface area (Å²) < 4.78 is 5.05. The SMILES string of the molecule is CC1CCN(Cc2noc(CN)n2)c2ccccc21.Cl. The lowest BCUT2D eigenvalue weighted by Gasteiger charge is -2.33. The first-order valence-corrected chi connectivity index (χ1v) is 6.63. The van der Waals surface area contributed by atoms with Crippen molar-refractivity contribution in [1.29, 1.82) is 0 Å². The summed E-state index contributed by atoms with van der Waals surface area (Å²) in [5.74, 6) is 1.80. The minimum Gasteiger partial charge on any atom is -0.364 e. The Bertz CT molecular complexity index is 572. The van der Waals surface area contributed by atoms with E-state index in [0.29, 0.717) is 30.7 Å². The van der Waals surface area contributed by atoms with Gasteiger partial charge in [0.1, 0.15) is 0 Å². The molecule has 0 saturated heterocycles. The molecule has 1 atom stereocenters. The summed E-state index contributed by atoms with van der Waals surface area (Å²) in [5, 5.41) is 3.97. The topological polar surface area (TPSA) is 68.2 Å². The highest BCUT2D eigenvalue weighted by atomic mass is 35.5. The van der Waals surface area contributed by atoms with Gasteiger partial charge in [0.2, 0.25) is 5.89 Å². The van der Waals surface area contributed by atoms with Gasteiger partial charge in [0.05, 0.1) is 13.1 Å². The van der Waals surface area contributed by atoms with Gasteiger partial charge >= 0.3 is 0 Å². The van der Waals surface area contributed by atoms with E-state index in [4.69, 9.17) is 10.3 Å². The second-order valence-electron chi connectivity index (χ2n) is 4.98. The van der Waals surface area contributed by atoms with Crippen LogP contribution in [0.4, 0.5) is 5.69 Å². The highest BCUT2D eigenvalue weighted by Crippen LogP contribution is 2.35. The van der Waals surface area contributed by atoms with E-state index in [9.17, 15) is 0 Å². The summed E-state index contributed by atoms with van der Waals surface area (Å²) in [7, 11) is 0. The Hall–Kier alpha value is -1.59. The molecule has 1 aromatic carbocycles. The first-order chi connectivity index (χ1) is 9.28. The van der Waals surface area contributed by atoms with Gasteiger partial charge in [-0.05, 0) is 24.0 Å². The van der Waals surface area contributed by atoms with E-state index in [0.717, 1.165) is 13.0 Å². The van der Waals surface area contributed by atoms with Crippen molar-refractivity contribution >= 4 is 18.1 Å². The molecule has 1 unspecified atom stereocenters. The normalized spacial score (nSPS) is 17.5. The molecule has 6 heteroatoms. The molecule has 20 heavy (non-hydrogen) atoms. The van der Waals surface area contributed by atoms with Gasteiger partial charge in [0.15, 0.2) is 5.82 Å². The third kappa shape index (κ3) is 2.78. The fourth-order valence-corrected chi connectivity index (χ4v) is 2.59. The Kier molecular flexibility index (Phi) is 4.62. The fraction of sp³-hybridized carbons (Fsp3) is 0.429. The van der Waals surface area contributed by atoms with Crippen molar-refractivity contribution in [3.8, 4) is 0 Å². The predicted octanol–water partition coefficient (Wildman–Crippen LogP) is 2.46. The Morgan fingerprint density at radius 2 is 2.20 bits per heavy atom. The molecule has 0 fully saturated rings. The van der Waals surface area contributed by atoms with Crippen molar-refractivity contribution in [2.75, 3.05) is 11.4 Å². The van der Waals surface area contributed by atoms with Gasteiger partial charge in [-0.3, -0.25) is 0 Å². The lowest BCUT2D eigenvalue weighted by atomic mass is 9.91. The second-order valence-corrected chi connectivity index (χ2v) is 4.98. The first-order valence-electron chi connectivity index (χ1n) is 6.63. The van der Waals surface area contributed by atoms with Crippen LogP contribution in [0.5, 0.6) is 0 Å². The predicted molar refractivity (Wildman–Crippen MR) is 80.0 cm³/mol. The number of halogens is 1. The second kappa shape index (κ2) is 6.24. The molecule has 2 aromatic rings. The average Bonchev–Trinajstić information content (AvgIpc) is 2.90. The molecule has 0 saturated carbocycles. The Morgan fingerprint density at radius 3 is 2.95 bits per heavy atom. The van der Waals surface area contributed by atoms with Gasteiger partial charge in [0, 0.05) is 12.2 Å². The van der Waals surface area contributed by atoms with Gasteiger partial charge in [0.25, 0.3) is 0 Å². The highest BCUT2D eigenvalue weighted by Gasteiger charge is 2.22. The summed E-state index contributed by atoms with van der Waals surface area (Å²) in [6, 6.07) is 8.54. The third-order valence-corrected chi connectivity index (χ3v) is 3.66. The molecular weight excluding hydrogens is 276 g/mol. The van der Waals surface area contributed by atoms with E-state index in [1.807, 2.05) is 0 Å². The van der Waals surface area contributed by atoms with Crippen molar-refractivity contribution < 1.29 is 4.52 Å². The number of hydrogen-bond acceptors (Lipinski definition) is 5. The van der Waals surface area contributed by atoms with E-state index in [1.165, 1.54) is 11.3 Å². The van der Waals surface area contributed by atoms with E-state index in [-0.39, 0.29) is 12.4 Å². The van der Waals surface area contributed by atoms with Gasteiger partial charge in [-0.25, -0.2) is 0 Å². The quantitative estimate of drug-likeness (QED) is 0.942. The summed E-state index contributed by atoms with van der Waals surface area (Å²) >= 11 is 0. The molecule has 5 nitrogen and oxygen atoms in total. The van der Waals surface area contributed by atoms with Gasteiger partial charge in [-0.2, -0.15) is 4.98 Å². The largest absolute Gasteiger partial charge is 0.364 e. The minimum absolute atomic E-state index is 0. The maximum atomic E-state index is 5.48. The summed E-state index contributed by atoms with van der Waals surface area (Å²) in [5.41, 5.74) is 8.16. The maximum Gasteiger partial charge on any atom is 0.240 e. The molecule has 0 aliphatic carbocycles. The molecular formula is C14H19ClN4O. The Balaban J connectivity index is 0.00000147. The van der Waals surface area contributed by atoms with Crippen molar-refractivity contribution in [2.45, 2.75) is 32.4 Å². The summed E-state index contributed by atoms with van der Waals surface area (Å²) in [6.45, 7) is 4.26. The number of aromatic nitrogens is 2. The van der Waals surface area contributed by atoms with Crippen molar-refractivity contribution in [3.05, 3.63) is 41.5 Å². The fourth-order valence-electron chi connectivity index (χ4n) is 2.59. The molecule has 0 spiro atoms. The lowest BCUT2D eigenvalue weighted by molar-refractivity contribution is 0.374. The lowest BCUT2D eigenvalue weighted by Crippen LogP contribution is -2.30. The maximum absolute atomic E-state index is 5.48. The van der Waals surface area contributed by atoms with Crippen LogP contribution >= 0.6 is 12.4 Å². The van der Waals surface area contributed by atoms with Crippen molar-refractivity contribution in [1.82, 2.24) is 10.1 Å². The van der Waals surface area contributed by atoms with Crippen LogP contribution in [0.25, 0.3) is 0 Å². The van der Waals surface area contributed by atoms with E-state index >= 15 is 0 Å². The molecule has 2 heterocycles. The third-order valence-electron chi connectivity index (χ3n) is 3.66. The number of nitrogens with two attached hydrogens (primary N) is 1. The van der Waals surface area contributed by atoms with Crippen LogP contribution in [-0.4, -0.2) is 16.7 Å². The number of benzene rings is 1. The summed E-state index contributed by atoms with van der Waals surface area (Å²) in [4.78, 5) is 6.58. The highest BCUT2D eigenvalue weighted by molar-refractivity contribution is 5.85. The van der Waals surface area contributed by atoms with Crippen LogP contribution in [0.1, 0.15) is 36.5 Å². The molecule has 0 bridgehead atoms. The van der Waals surface area contributed by atoms with Crippen molar-refractivity contribution in [3.63, 3.8) is 0 Å². The van der Waals surface area contributed by atoms with Gasteiger partial charge in [-0.1, -0.05) is 30.3 Å². The number of rotatable bonds is 3. The van der Waals surface area contributed by atoms with E-state index in [2.05, 4.69) is 46.2 Å². The van der Waals surface area contributed by atoms with E-state index < -0.39 is 0 Å². The molecule has 1 aliphatic heterocycles. The molecule has 2 N–H and O–H groups in total. The molecule has 3 rings (SSSR count). The van der Waals surface area contributed by atoms with Crippen LogP contribution in [0.2, 0.25) is 0 Å². The molecule has 108 valence electrons. The monoisotopic (exact) mass is 294 g/mol. The zero-order chi connectivity index (χ0) is 13.2. The van der Waals surface area contributed by atoms with Crippen LogP contribution in [-0.2, 0) is 13.1 Å². The average molecular weight is 295 g/mol. The molecule has 1 aromatic heterocycles. The van der Waals surface area contributed by atoms with Crippen LogP contribution in [0, 0.1) is 0 Å². The Labute approximate surface area is 124 Å². The number of fused-ring (bicyclic) bond motifs is 1. The van der Waals surface area contributed by atoms with Crippen molar-refractivity contribution in [2.24, 2.45) is 5.73 Å². The van der Waals surface area contributed by atoms with Crippen LogP contribution < -0.4 is 10.6 Å². The molecule has 0 amide bonds. The minimum atomic E-state index is 0. The molecule has 1 aliphatic rings. The zero-order valence-electron chi connectivity index (χ0n) is 11.5. The standard InChI is InChI=1S/C14H18N4O.ClH/c1-10-6-7-18(12-5-3-2-4-11(10)12)9-13-16-14(8-15)19-17-13;/h2-5,10H,6-9,15H2,1H3;1H. The van der Waals surface area contributed by atoms with Crippen LogP contribution in [0.3, 0.4) is 0 Å². The first kappa shape index (κ1) is 14.8. The van der Waals surface area contributed by atoms with Crippen LogP contribution in [0.15, 0.2) is 28.8 Å². The number of anilines is 1. The van der Waals surface area contributed by atoms with E-state index in [1.54, 1.807) is 0 Å². The molecule has 0 radical (unpaired) electrons. The summed E-state index contributed by atoms with van der Waals surface area (Å²) in [6.07, 6.45) is 1.15. The number of hydrogen-bond donors (Lipinski definition) is 1. The van der Waals surface area contributed by atoms with Gasteiger partial charge in [-0.15, -0.1) is 12.4 Å². The van der Waals surface area contributed by atoms with Gasteiger partial charge < -0.3 is 15.2 Å². The zero-order valence-corrected chi connectivity index (χ0v) is 12.3. The Morgan fingerprint density at radius 1 is 1.40 bits per heavy atom. The number of nitrogens with zero attached hydrogens (tertiary/aromatic N) is 3.